The van der Waals surface area contributed by atoms with E-state index < -0.39 is 5.82 Å². The molecule has 3 N–H and O–H groups in total. The van der Waals surface area contributed by atoms with Gasteiger partial charge in [0, 0.05) is 43.3 Å². The third-order valence-corrected chi connectivity index (χ3v) is 6.36. The molecule has 1 fully saturated rings. The van der Waals surface area contributed by atoms with Crippen molar-refractivity contribution in [2.75, 3.05) is 6.54 Å². The van der Waals surface area contributed by atoms with Crippen LogP contribution in [-0.4, -0.2) is 46.0 Å². The fourth-order valence-electron chi connectivity index (χ4n) is 4.42. The molecule has 5 rings (SSSR count). The number of hydrazone groups is 1. The lowest BCUT2D eigenvalue weighted by Crippen LogP contribution is -2.54. The normalized spacial score (nSPS) is 23.3. The minimum Gasteiger partial charge on any atom is -0.318 e. The van der Waals surface area contributed by atoms with Crippen molar-refractivity contribution >= 4 is 24.2 Å². The maximum atomic E-state index is 13.9. The summed E-state index contributed by atoms with van der Waals surface area (Å²) in [5.41, 5.74) is 8.24. The number of nitrogens with one attached hydrogen (secondary N) is 3. The van der Waals surface area contributed by atoms with E-state index in [1.807, 2.05) is 16.0 Å². The Morgan fingerprint density at radius 3 is 2.91 bits per heavy atom. The first-order valence-electron chi connectivity index (χ1n) is 11.0. The standard InChI is InChI=1S/C23H24FN9O/c1-15-18(3-4-20(24)19(15)9-25)21-13-31-6-7-32(12-17(31)11-26-21)23(34)8-16-2-5-22(27-10-16)33-14-28-29-30-33/h3-4,6-7,11-14,16,22,27,29-30H,2,5,8,10H2,1H3/t16-,22?/m0/s1. The fraction of sp³-hybridized carbons (Fsp3) is 0.304. The Morgan fingerprint density at radius 1 is 1.29 bits per heavy atom. The number of amides is 1. The van der Waals surface area contributed by atoms with Gasteiger partial charge in [0.2, 0.25) is 5.91 Å². The summed E-state index contributed by atoms with van der Waals surface area (Å²) in [6, 6.07) is 4.82. The van der Waals surface area contributed by atoms with Gasteiger partial charge in [-0.05, 0) is 43.4 Å². The van der Waals surface area contributed by atoms with Crippen LogP contribution in [-0.2, 0) is 4.79 Å². The Bertz CT molecular complexity index is 1190. The summed E-state index contributed by atoms with van der Waals surface area (Å²) >= 11 is 0. The minimum atomic E-state index is -0.543. The van der Waals surface area contributed by atoms with E-state index in [-0.39, 0.29) is 23.6 Å². The van der Waals surface area contributed by atoms with E-state index >= 15 is 0 Å². The minimum absolute atomic E-state index is 0.0194. The lowest BCUT2D eigenvalue weighted by atomic mass is 9.94. The zero-order valence-corrected chi connectivity index (χ0v) is 18.6. The first-order valence-corrected chi connectivity index (χ1v) is 11.0. The molecule has 0 bridgehead atoms. The summed E-state index contributed by atoms with van der Waals surface area (Å²) in [6.45, 7) is 2.46. The highest BCUT2D eigenvalue weighted by Gasteiger charge is 2.28. The molecule has 11 heteroatoms. The van der Waals surface area contributed by atoms with Crippen LogP contribution in [0, 0.1) is 30.0 Å². The number of hydrogen-bond donors (Lipinski definition) is 3. The van der Waals surface area contributed by atoms with Crippen molar-refractivity contribution in [1.82, 2.24) is 31.2 Å². The van der Waals surface area contributed by atoms with Gasteiger partial charge in [0.1, 0.15) is 18.2 Å². The van der Waals surface area contributed by atoms with Gasteiger partial charge in [-0.3, -0.25) is 25.0 Å². The van der Waals surface area contributed by atoms with Gasteiger partial charge in [-0.1, -0.05) is 0 Å². The molecule has 174 valence electrons. The zero-order chi connectivity index (χ0) is 23.7. The molecule has 2 atom stereocenters. The van der Waals surface area contributed by atoms with Gasteiger partial charge in [0.25, 0.3) is 0 Å². The summed E-state index contributed by atoms with van der Waals surface area (Å²) in [4.78, 5) is 20.9. The Hall–Kier alpha value is -4.01. The maximum Gasteiger partial charge on any atom is 0.231 e. The lowest BCUT2D eigenvalue weighted by Gasteiger charge is -2.34. The van der Waals surface area contributed by atoms with E-state index in [0.717, 1.165) is 25.1 Å². The van der Waals surface area contributed by atoms with Crippen LogP contribution in [0.15, 0.2) is 52.7 Å². The van der Waals surface area contributed by atoms with E-state index in [1.54, 1.807) is 55.2 Å². The Labute approximate surface area is 196 Å². The van der Waals surface area contributed by atoms with E-state index in [9.17, 15) is 14.4 Å². The van der Waals surface area contributed by atoms with Crippen LogP contribution in [0.4, 0.5) is 4.39 Å². The third kappa shape index (κ3) is 4.16. The highest BCUT2D eigenvalue weighted by Crippen LogP contribution is 2.29. The molecule has 4 aliphatic rings. The molecule has 1 amide bonds. The second-order valence-corrected chi connectivity index (χ2v) is 8.49. The summed E-state index contributed by atoms with van der Waals surface area (Å²) in [7, 11) is 0. The van der Waals surface area contributed by atoms with Crippen LogP contribution in [0.25, 0.3) is 5.70 Å². The van der Waals surface area contributed by atoms with Crippen LogP contribution >= 0.6 is 0 Å². The van der Waals surface area contributed by atoms with Crippen molar-refractivity contribution in [3.8, 4) is 6.07 Å². The number of benzene rings is 1. The van der Waals surface area contributed by atoms with E-state index in [2.05, 4.69) is 26.5 Å². The Morgan fingerprint density at radius 2 is 2.18 bits per heavy atom. The molecule has 0 radical (unpaired) electrons. The van der Waals surface area contributed by atoms with Crippen LogP contribution in [0.3, 0.4) is 0 Å². The summed E-state index contributed by atoms with van der Waals surface area (Å²) in [6.07, 6.45) is 12.9. The van der Waals surface area contributed by atoms with Crippen LogP contribution in [0.5, 0.6) is 0 Å². The number of hydrazine groups is 2. The van der Waals surface area contributed by atoms with Crippen molar-refractivity contribution in [3.63, 3.8) is 0 Å². The van der Waals surface area contributed by atoms with E-state index in [0.29, 0.717) is 23.2 Å². The number of piperidine rings is 1. The molecule has 34 heavy (non-hydrogen) atoms. The SMILES string of the molecule is Cc1c(C2=CN3C=CN(C(=O)C[C@@H]4CCC(N5C=NNN5)NC4)C=C3C=N2)ccc(F)c1C#N. The van der Waals surface area contributed by atoms with Crippen molar-refractivity contribution in [3.05, 3.63) is 65.1 Å². The van der Waals surface area contributed by atoms with Gasteiger partial charge >= 0.3 is 0 Å². The molecule has 4 heterocycles. The number of nitrogens with zero attached hydrogens (tertiary/aromatic N) is 6. The first-order chi connectivity index (χ1) is 16.5. The molecular weight excluding hydrogens is 437 g/mol. The molecule has 10 nitrogen and oxygen atoms in total. The maximum absolute atomic E-state index is 13.9. The van der Waals surface area contributed by atoms with Crippen LogP contribution in [0.2, 0.25) is 0 Å². The zero-order valence-electron chi connectivity index (χ0n) is 18.6. The van der Waals surface area contributed by atoms with E-state index in [4.69, 9.17) is 0 Å². The molecule has 0 aliphatic carbocycles. The van der Waals surface area contributed by atoms with Gasteiger partial charge in [0.15, 0.2) is 0 Å². The summed E-state index contributed by atoms with van der Waals surface area (Å²) in [5.74, 6) is -0.269. The number of halogens is 1. The molecule has 1 unspecified atom stereocenters. The molecule has 1 saturated heterocycles. The molecule has 0 spiro atoms. The number of allylic oxidation sites excluding steroid dienone is 1. The van der Waals surface area contributed by atoms with Gasteiger partial charge in [-0.2, -0.15) is 10.4 Å². The number of nitriles is 1. The highest BCUT2D eigenvalue weighted by atomic mass is 19.1. The van der Waals surface area contributed by atoms with Crippen molar-refractivity contribution < 1.29 is 9.18 Å². The Balaban J connectivity index is 1.21. The van der Waals surface area contributed by atoms with Gasteiger partial charge in [-0.15, -0.1) is 5.53 Å². The third-order valence-electron chi connectivity index (χ3n) is 6.36. The van der Waals surface area contributed by atoms with Crippen molar-refractivity contribution in [2.24, 2.45) is 16.0 Å². The number of aliphatic imine (C=N–C) groups is 1. The lowest BCUT2D eigenvalue weighted by molar-refractivity contribution is -0.127. The predicted molar refractivity (Wildman–Crippen MR) is 124 cm³/mol. The summed E-state index contributed by atoms with van der Waals surface area (Å²) < 4.78 is 13.9. The molecule has 1 aromatic rings. The highest BCUT2D eigenvalue weighted by molar-refractivity contribution is 5.90. The number of carbonyl (C=O) groups is 1. The molecular formula is C23H24FN9O. The van der Waals surface area contributed by atoms with Crippen LogP contribution in [0.1, 0.15) is 36.0 Å². The largest absolute Gasteiger partial charge is 0.318 e. The molecule has 1 aromatic carbocycles. The second kappa shape index (κ2) is 9.09. The molecule has 4 aliphatic heterocycles. The second-order valence-electron chi connectivity index (χ2n) is 8.49. The predicted octanol–water partition coefficient (Wildman–Crippen LogP) is 1.83. The molecule has 0 saturated carbocycles. The number of fused-ring (bicyclic) bond motifs is 1. The number of carbonyl (C=O) groups excluding carboxylic acids is 1. The topological polar surface area (TPSA) is 111 Å². The summed E-state index contributed by atoms with van der Waals surface area (Å²) in [5, 5.41) is 18.5. The van der Waals surface area contributed by atoms with E-state index in [1.165, 1.54) is 6.07 Å². The van der Waals surface area contributed by atoms with Gasteiger partial charge in [0.05, 0.1) is 29.3 Å². The fourth-order valence-corrected chi connectivity index (χ4v) is 4.42. The van der Waals surface area contributed by atoms with Crippen molar-refractivity contribution in [1.29, 1.82) is 5.26 Å². The van der Waals surface area contributed by atoms with Crippen LogP contribution < -0.4 is 16.4 Å². The molecule has 0 aromatic heterocycles. The smallest absolute Gasteiger partial charge is 0.231 e. The first kappa shape index (κ1) is 21.8. The van der Waals surface area contributed by atoms with Crippen molar-refractivity contribution in [2.45, 2.75) is 32.4 Å². The quantitative estimate of drug-likeness (QED) is 0.627. The number of hydrogen-bond acceptors (Lipinski definition) is 9. The average Bonchev–Trinajstić information content (AvgIpc) is 3.39. The Kier molecular flexibility index (Phi) is 5.83. The van der Waals surface area contributed by atoms with Gasteiger partial charge < -0.3 is 4.90 Å². The average molecular weight is 462 g/mol. The van der Waals surface area contributed by atoms with Gasteiger partial charge in [-0.25, -0.2) is 9.93 Å². The monoisotopic (exact) mass is 461 g/mol. The number of rotatable bonds is 4.